The van der Waals surface area contributed by atoms with E-state index in [-0.39, 0.29) is 0 Å². The van der Waals surface area contributed by atoms with Gasteiger partial charge >= 0.3 is 0 Å². The third-order valence-corrected chi connectivity index (χ3v) is 5.04. The van der Waals surface area contributed by atoms with Crippen LogP contribution in [0, 0.1) is 0 Å². The topological polar surface area (TPSA) is 26.3 Å². The Balaban J connectivity index is 1.89. The fraction of sp³-hybridized carbons (Fsp3) is 0.250. The van der Waals surface area contributed by atoms with Crippen LogP contribution in [0.15, 0.2) is 53.4 Å². The second-order valence-corrected chi connectivity index (χ2v) is 6.52. The van der Waals surface area contributed by atoms with Crippen LogP contribution in [0.25, 0.3) is 0 Å². The van der Waals surface area contributed by atoms with Gasteiger partial charge < -0.3 is 4.55 Å². The molecular formula is C16H17NOS. The predicted octanol–water partition coefficient (Wildman–Crippen LogP) is 3.85. The van der Waals surface area contributed by atoms with Crippen LogP contribution in [0.4, 0.5) is 5.69 Å². The molecule has 1 atom stereocenters. The lowest BCUT2D eigenvalue weighted by Crippen LogP contribution is -2.23. The van der Waals surface area contributed by atoms with Gasteiger partial charge in [0.25, 0.3) is 0 Å². The minimum atomic E-state index is -1.07. The molecule has 0 saturated heterocycles. The first kappa shape index (κ1) is 12.6. The zero-order valence-corrected chi connectivity index (χ0v) is 12.0. The number of benzene rings is 2. The Hall–Kier alpha value is -1.45. The van der Waals surface area contributed by atoms with Crippen molar-refractivity contribution in [3.8, 4) is 0 Å². The molecule has 0 fully saturated rings. The second kappa shape index (κ2) is 4.91. The van der Waals surface area contributed by atoms with Crippen molar-refractivity contribution in [2.45, 2.75) is 31.2 Å². The monoisotopic (exact) mass is 271 g/mol. The van der Waals surface area contributed by atoms with E-state index in [9.17, 15) is 4.55 Å². The van der Waals surface area contributed by atoms with Crippen LogP contribution in [-0.2, 0) is 17.9 Å². The molecule has 1 aliphatic heterocycles. The number of anilines is 1. The number of hydrogen-bond donors (Lipinski definition) is 0. The maximum atomic E-state index is 12.5. The first-order valence-corrected chi connectivity index (χ1v) is 7.65. The van der Waals surface area contributed by atoms with Crippen LogP contribution in [-0.4, -0.2) is 4.55 Å². The molecule has 2 aromatic rings. The van der Waals surface area contributed by atoms with Crippen molar-refractivity contribution >= 4 is 17.0 Å². The molecule has 0 bridgehead atoms. The van der Waals surface area contributed by atoms with Crippen molar-refractivity contribution < 1.29 is 4.55 Å². The molecule has 0 amide bonds. The van der Waals surface area contributed by atoms with E-state index in [0.29, 0.717) is 5.92 Å². The summed E-state index contributed by atoms with van der Waals surface area (Å²) in [6.45, 7) is 5.08. The summed E-state index contributed by atoms with van der Waals surface area (Å²) in [5.74, 6) is 0.523. The number of hydrogen-bond acceptors (Lipinski definition) is 2. The van der Waals surface area contributed by atoms with E-state index in [1.165, 1.54) is 5.56 Å². The van der Waals surface area contributed by atoms with Crippen LogP contribution in [0.3, 0.4) is 0 Å². The van der Waals surface area contributed by atoms with Crippen LogP contribution in [0.1, 0.15) is 30.9 Å². The third kappa shape index (κ3) is 2.24. The first-order valence-electron chi connectivity index (χ1n) is 6.54. The Morgan fingerprint density at radius 2 is 1.74 bits per heavy atom. The lowest BCUT2D eigenvalue weighted by Gasteiger charge is -2.19. The summed E-state index contributed by atoms with van der Waals surface area (Å²) in [6, 6.07) is 16.3. The second-order valence-electron chi connectivity index (χ2n) is 5.14. The standard InChI is InChI=1S/C16H17NOS/c1-12(2)13-7-9-15(10-8-13)17-11-14-5-3-4-6-16(14)19(17)18/h3-10,12H,11H2,1-2H3. The quantitative estimate of drug-likeness (QED) is 0.775. The molecule has 1 heterocycles. The minimum Gasteiger partial charge on any atom is -0.588 e. The fourth-order valence-corrected chi connectivity index (χ4v) is 3.71. The maximum Gasteiger partial charge on any atom is 0.185 e. The molecule has 1 aliphatic rings. The summed E-state index contributed by atoms with van der Waals surface area (Å²) in [6.07, 6.45) is 0. The Kier molecular flexibility index (Phi) is 3.25. The summed E-state index contributed by atoms with van der Waals surface area (Å²) in [7, 11) is 0. The van der Waals surface area contributed by atoms with Gasteiger partial charge in [0.05, 0.1) is 12.2 Å². The lowest BCUT2D eigenvalue weighted by molar-refractivity contribution is 0.595. The van der Waals surface area contributed by atoms with Gasteiger partial charge in [0.2, 0.25) is 0 Å². The molecule has 0 aliphatic carbocycles. The number of nitrogens with zero attached hydrogens (tertiary/aromatic N) is 1. The van der Waals surface area contributed by atoms with Crippen LogP contribution in [0.2, 0.25) is 0 Å². The molecule has 0 saturated carbocycles. The molecule has 0 radical (unpaired) electrons. The molecule has 0 N–H and O–H groups in total. The van der Waals surface area contributed by atoms with Gasteiger partial charge in [-0.1, -0.05) is 44.2 Å². The molecule has 0 spiro atoms. The van der Waals surface area contributed by atoms with Gasteiger partial charge in [0.15, 0.2) is 4.90 Å². The minimum absolute atomic E-state index is 0.523. The Labute approximate surface area is 117 Å². The van der Waals surface area contributed by atoms with E-state index in [2.05, 4.69) is 44.2 Å². The molecule has 2 nitrogen and oxygen atoms in total. The lowest BCUT2D eigenvalue weighted by atomic mass is 10.0. The van der Waals surface area contributed by atoms with Gasteiger partial charge in [0, 0.05) is 5.56 Å². The van der Waals surface area contributed by atoms with E-state index in [1.807, 2.05) is 22.5 Å². The highest BCUT2D eigenvalue weighted by Crippen LogP contribution is 2.34. The van der Waals surface area contributed by atoms with E-state index >= 15 is 0 Å². The fourth-order valence-electron chi connectivity index (χ4n) is 2.35. The Morgan fingerprint density at radius 1 is 1.05 bits per heavy atom. The van der Waals surface area contributed by atoms with Crippen LogP contribution < -0.4 is 4.31 Å². The zero-order valence-electron chi connectivity index (χ0n) is 11.2. The summed E-state index contributed by atoms with van der Waals surface area (Å²) < 4.78 is 14.4. The van der Waals surface area contributed by atoms with Crippen molar-refractivity contribution in [3.63, 3.8) is 0 Å². The van der Waals surface area contributed by atoms with Crippen LogP contribution in [0.5, 0.6) is 0 Å². The van der Waals surface area contributed by atoms with Gasteiger partial charge in [-0.05, 0) is 29.7 Å². The third-order valence-electron chi connectivity index (χ3n) is 3.52. The molecule has 98 valence electrons. The highest BCUT2D eigenvalue weighted by atomic mass is 32.2. The normalized spacial score (nSPS) is 17.9. The van der Waals surface area contributed by atoms with E-state index in [0.717, 1.165) is 22.7 Å². The van der Waals surface area contributed by atoms with Crippen molar-refractivity contribution in [3.05, 3.63) is 59.7 Å². The number of rotatable bonds is 2. The smallest absolute Gasteiger partial charge is 0.185 e. The van der Waals surface area contributed by atoms with Gasteiger partial charge in [0.1, 0.15) is 11.4 Å². The van der Waals surface area contributed by atoms with Crippen molar-refractivity contribution in [1.82, 2.24) is 0 Å². The summed E-state index contributed by atoms with van der Waals surface area (Å²) in [5.41, 5.74) is 3.50. The molecular weight excluding hydrogens is 254 g/mol. The van der Waals surface area contributed by atoms with Crippen LogP contribution >= 0.6 is 0 Å². The number of fused-ring (bicyclic) bond motifs is 1. The molecule has 1 unspecified atom stereocenters. The Bertz CT molecular complexity index is 580. The van der Waals surface area contributed by atoms with Crippen molar-refractivity contribution in [2.24, 2.45) is 0 Å². The summed E-state index contributed by atoms with van der Waals surface area (Å²) in [5, 5.41) is 0. The van der Waals surface area contributed by atoms with Gasteiger partial charge in [-0.25, -0.2) is 0 Å². The summed E-state index contributed by atoms with van der Waals surface area (Å²) >= 11 is -1.07. The molecule has 3 rings (SSSR count). The average molecular weight is 271 g/mol. The SMILES string of the molecule is CC(C)c1ccc(N2Cc3ccccc3[S+]2[O-])cc1. The molecule has 0 aromatic heterocycles. The average Bonchev–Trinajstić information content (AvgIpc) is 2.77. The first-order chi connectivity index (χ1) is 9.16. The maximum absolute atomic E-state index is 12.5. The highest BCUT2D eigenvalue weighted by Gasteiger charge is 2.33. The highest BCUT2D eigenvalue weighted by molar-refractivity contribution is 7.93. The van der Waals surface area contributed by atoms with E-state index in [1.54, 1.807) is 0 Å². The van der Waals surface area contributed by atoms with Gasteiger partial charge in [-0.2, -0.15) is 4.31 Å². The van der Waals surface area contributed by atoms with Crippen molar-refractivity contribution in [2.75, 3.05) is 4.31 Å². The van der Waals surface area contributed by atoms with Gasteiger partial charge in [-0.3, -0.25) is 0 Å². The summed E-state index contributed by atoms with van der Waals surface area (Å²) in [4.78, 5) is 0.940. The van der Waals surface area contributed by atoms with Crippen molar-refractivity contribution in [1.29, 1.82) is 0 Å². The Morgan fingerprint density at radius 3 is 2.37 bits per heavy atom. The van der Waals surface area contributed by atoms with E-state index in [4.69, 9.17) is 0 Å². The zero-order chi connectivity index (χ0) is 13.4. The molecule has 3 heteroatoms. The van der Waals surface area contributed by atoms with Gasteiger partial charge in [-0.15, -0.1) is 0 Å². The van der Waals surface area contributed by atoms with E-state index < -0.39 is 11.4 Å². The predicted molar refractivity (Wildman–Crippen MR) is 79.6 cm³/mol. The molecule has 19 heavy (non-hydrogen) atoms. The largest absolute Gasteiger partial charge is 0.588 e. The molecule has 2 aromatic carbocycles.